The van der Waals surface area contributed by atoms with Gasteiger partial charge < -0.3 is 19.6 Å². The van der Waals surface area contributed by atoms with E-state index in [1.54, 1.807) is 25.7 Å². The first-order chi connectivity index (χ1) is 8.29. The van der Waals surface area contributed by atoms with Crippen molar-refractivity contribution in [1.82, 2.24) is 20.4 Å². The van der Waals surface area contributed by atoms with Crippen LogP contribution in [0.4, 0.5) is 0 Å². The molecule has 0 saturated carbocycles. The average Bonchev–Trinajstić information content (AvgIpc) is 2.97. The van der Waals surface area contributed by atoms with Gasteiger partial charge in [0.1, 0.15) is 6.61 Å². The average molecular weight is 236 g/mol. The summed E-state index contributed by atoms with van der Waals surface area (Å²) in [6.45, 7) is 0.659. The zero-order valence-electron chi connectivity index (χ0n) is 9.27. The number of amides is 1. The highest BCUT2D eigenvalue weighted by molar-refractivity contribution is 5.92. The Morgan fingerprint density at radius 1 is 1.65 bits per heavy atom. The molecule has 2 aromatic heterocycles. The Bertz CT molecular complexity index is 477. The van der Waals surface area contributed by atoms with Gasteiger partial charge in [0, 0.05) is 19.4 Å². The summed E-state index contributed by atoms with van der Waals surface area (Å²) in [6, 6.07) is 1.55. The summed E-state index contributed by atoms with van der Waals surface area (Å²) in [5.74, 6) is 0.213. The Morgan fingerprint density at radius 2 is 2.53 bits per heavy atom. The fourth-order valence-corrected chi connectivity index (χ4v) is 1.28. The first-order valence-electron chi connectivity index (χ1n) is 4.99. The number of aromatic nitrogens is 3. The third-order valence-electron chi connectivity index (χ3n) is 2.07. The van der Waals surface area contributed by atoms with E-state index in [1.165, 1.54) is 0 Å². The lowest BCUT2D eigenvalue weighted by atomic mass is 10.3. The number of nitrogens with zero attached hydrogens (tertiary/aromatic N) is 2. The molecule has 2 heterocycles. The fraction of sp³-hybridized carbons (Fsp3) is 0.300. The van der Waals surface area contributed by atoms with Gasteiger partial charge in [-0.05, 0) is 0 Å². The van der Waals surface area contributed by atoms with Crippen LogP contribution in [0.25, 0.3) is 0 Å². The van der Waals surface area contributed by atoms with E-state index in [0.717, 1.165) is 5.69 Å². The van der Waals surface area contributed by atoms with Crippen molar-refractivity contribution in [2.75, 3.05) is 7.11 Å². The lowest BCUT2D eigenvalue weighted by Crippen LogP contribution is -2.23. The molecular formula is C10H12N4O3. The van der Waals surface area contributed by atoms with Crippen molar-refractivity contribution in [3.05, 3.63) is 35.7 Å². The van der Waals surface area contributed by atoms with E-state index in [2.05, 4.69) is 20.4 Å². The minimum atomic E-state index is -0.300. The molecule has 2 rings (SSSR count). The molecule has 0 unspecified atom stereocenters. The number of carbonyl (C=O) groups is 1. The van der Waals surface area contributed by atoms with Crippen LogP contribution >= 0.6 is 0 Å². The predicted octanol–water partition coefficient (Wildman–Crippen LogP) is 0.474. The van der Waals surface area contributed by atoms with Gasteiger partial charge in [0.05, 0.1) is 18.6 Å². The highest BCUT2D eigenvalue weighted by Crippen LogP contribution is 2.04. The maximum Gasteiger partial charge on any atom is 0.273 e. The second-order valence-corrected chi connectivity index (χ2v) is 3.37. The van der Waals surface area contributed by atoms with Crippen LogP contribution in [-0.2, 0) is 17.9 Å². The molecule has 2 aromatic rings. The van der Waals surface area contributed by atoms with E-state index in [-0.39, 0.29) is 11.6 Å². The SMILES string of the molecule is COCc1cc(C(=O)NCc2cnc[nH]2)no1. The van der Waals surface area contributed by atoms with Crippen LogP contribution in [0.5, 0.6) is 0 Å². The summed E-state index contributed by atoms with van der Waals surface area (Å²) in [7, 11) is 1.54. The van der Waals surface area contributed by atoms with Crippen LogP contribution in [0.3, 0.4) is 0 Å². The topological polar surface area (TPSA) is 93.0 Å². The van der Waals surface area contributed by atoms with Crippen LogP contribution in [-0.4, -0.2) is 28.1 Å². The molecule has 0 atom stereocenters. The molecule has 0 fully saturated rings. The van der Waals surface area contributed by atoms with Gasteiger partial charge in [0.2, 0.25) is 0 Å². The van der Waals surface area contributed by atoms with E-state index in [4.69, 9.17) is 9.26 Å². The lowest BCUT2D eigenvalue weighted by molar-refractivity contribution is 0.0940. The minimum absolute atomic E-state index is 0.233. The third kappa shape index (κ3) is 2.91. The monoisotopic (exact) mass is 236 g/mol. The lowest BCUT2D eigenvalue weighted by Gasteiger charge is -1.99. The van der Waals surface area contributed by atoms with Gasteiger partial charge in [-0.25, -0.2) is 4.98 Å². The molecule has 7 heteroatoms. The van der Waals surface area contributed by atoms with Crippen molar-refractivity contribution in [1.29, 1.82) is 0 Å². The smallest absolute Gasteiger partial charge is 0.273 e. The summed E-state index contributed by atoms with van der Waals surface area (Å²) < 4.78 is 9.77. The molecule has 1 amide bonds. The molecule has 2 N–H and O–H groups in total. The van der Waals surface area contributed by atoms with Crippen molar-refractivity contribution in [3.8, 4) is 0 Å². The van der Waals surface area contributed by atoms with Crippen LogP contribution < -0.4 is 5.32 Å². The van der Waals surface area contributed by atoms with Crippen LogP contribution in [0, 0.1) is 0 Å². The zero-order chi connectivity index (χ0) is 12.1. The number of nitrogens with one attached hydrogen (secondary N) is 2. The Balaban J connectivity index is 1.90. The summed E-state index contributed by atoms with van der Waals surface area (Å²) >= 11 is 0. The number of aromatic amines is 1. The zero-order valence-corrected chi connectivity index (χ0v) is 9.27. The highest BCUT2D eigenvalue weighted by Gasteiger charge is 2.12. The molecule has 0 aliphatic heterocycles. The van der Waals surface area contributed by atoms with Gasteiger partial charge in [-0.2, -0.15) is 0 Å². The second kappa shape index (κ2) is 5.26. The van der Waals surface area contributed by atoms with Gasteiger partial charge in [-0.15, -0.1) is 0 Å². The van der Waals surface area contributed by atoms with E-state index in [9.17, 15) is 4.79 Å². The van der Waals surface area contributed by atoms with Crippen molar-refractivity contribution in [2.24, 2.45) is 0 Å². The molecule has 7 nitrogen and oxygen atoms in total. The Kier molecular flexibility index (Phi) is 3.51. The van der Waals surface area contributed by atoms with Gasteiger partial charge in [-0.3, -0.25) is 4.79 Å². The molecule has 0 radical (unpaired) electrons. The van der Waals surface area contributed by atoms with E-state index < -0.39 is 0 Å². The van der Waals surface area contributed by atoms with Gasteiger partial charge in [0.25, 0.3) is 5.91 Å². The molecule has 0 bridgehead atoms. The van der Waals surface area contributed by atoms with Gasteiger partial charge in [-0.1, -0.05) is 5.16 Å². The molecule has 0 aliphatic carbocycles. The van der Waals surface area contributed by atoms with Crippen molar-refractivity contribution >= 4 is 5.91 Å². The number of ether oxygens (including phenoxy) is 1. The summed E-state index contributed by atoms with van der Waals surface area (Å²) in [5.41, 5.74) is 1.05. The maximum atomic E-state index is 11.6. The van der Waals surface area contributed by atoms with Crippen LogP contribution in [0.2, 0.25) is 0 Å². The van der Waals surface area contributed by atoms with Crippen molar-refractivity contribution in [3.63, 3.8) is 0 Å². The Morgan fingerprint density at radius 3 is 3.24 bits per heavy atom. The first-order valence-corrected chi connectivity index (χ1v) is 4.99. The molecule has 0 aromatic carbocycles. The number of hydrogen-bond donors (Lipinski definition) is 2. The number of imidazole rings is 1. The van der Waals surface area contributed by atoms with Crippen molar-refractivity contribution < 1.29 is 14.1 Å². The van der Waals surface area contributed by atoms with E-state index in [0.29, 0.717) is 18.9 Å². The van der Waals surface area contributed by atoms with Crippen LogP contribution in [0.1, 0.15) is 21.9 Å². The quantitative estimate of drug-likeness (QED) is 0.787. The van der Waals surface area contributed by atoms with Crippen LogP contribution in [0.15, 0.2) is 23.1 Å². The number of rotatable bonds is 5. The minimum Gasteiger partial charge on any atom is -0.377 e. The summed E-state index contributed by atoms with van der Waals surface area (Å²) in [6.07, 6.45) is 3.19. The molecule has 90 valence electrons. The number of H-pyrrole nitrogens is 1. The van der Waals surface area contributed by atoms with Gasteiger partial charge in [0.15, 0.2) is 11.5 Å². The van der Waals surface area contributed by atoms with Gasteiger partial charge >= 0.3 is 0 Å². The highest BCUT2D eigenvalue weighted by atomic mass is 16.5. The molecule has 0 saturated heterocycles. The number of methoxy groups -OCH3 is 1. The maximum absolute atomic E-state index is 11.6. The summed E-state index contributed by atoms with van der Waals surface area (Å²) in [4.78, 5) is 18.4. The fourth-order valence-electron chi connectivity index (χ4n) is 1.28. The van der Waals surface area contributed by atoms with Crippen molar-refractivity contribution in [2.45, 2.75) is 13.2 Å². The Labute approximate surface area is 97.2 Å². The second-order valence-electron chi connectivity index (χ2n) is 3.37. The normalized spacial score (nSPS) is 10.4. The predicted molar refractivity (Wildman–Crippen MR) is 57.0 cm³/mol. The standard InChI is InChI=1S/C10H12N4O3/c1-16-5-8-2-9(14-17-8)10(15)12-4-7-3-11-6-13-7/h2-3,6H,4-5H2,1H3,(H,11,13)(H,12,15). The first kappa shape index (κ1) is 11.3. The summed E-state index contributed by atoms with van der Waals surface area (Å²) in [5, 5.41) is 6.33. The van der Waals surface area contributed by atoms with E-state index in [1.807, 2.05) is 0 Å². The Hall–Kier alpha value is -2.15. The number of hydrogen-bond acceptors (Lipinski definition) is 5. The third-order valence-corrected chi connectivity index (χ3v) is 2.07. The molecule has 0 spiro atoms. The molecular weight excluding hydrogens is 224 g/mol. The molecule has 17 heavy (non-hydrogen) atoms. The number of carbonyl (C=O) groups excluding carboxylic acids is 1. The largest absolute Gasteiger partial charge is 0.377 e. The molecule has 0 aliphatic rings. The van der Waals surface area contributed by atoms with E-state index >= 15 is 0 Å².